The first-order chi connectivity index (χ1) is 7.69. The third-order valence-corrected chi connectivity index (χ3v) is 3.62. The van der Waals surface area contributed by atoms with Gasteiger partial charge in [-0.1, -0.05) is 6.92 Å². The third-order valence-electron chi connectivity index (χ3n) is 3.62. The van der Waals surface area contributed by atoms with Gasteiger partial charge in [0.15, 0.2) is 0 Å². The maximum atomic E-state index is 11.7. The normalized spacial score (nSPS) is 28.0. The van der Waals surface area contributed by atoms with Gasteiger partial charge in [-0.15, -0.1) is 0 Å². The zero-order chi connectivity index (χ0) is 11.5. The van der Waals surface area contributed by atoms with Crippen LogP contribution in [0.4, 0.5) is 0 Å². The molecule has 2 rings (SSSR count). The summed E-state index contributed by atoms with van der Waals surface area (Å²) in [7, 11) is 0. The number of amides is 1. The van der Waals surface area contributed by atoms with Crippen molar-refractivity contribution in [2.75, 3.05) is 13.1 Å². The summed E-state index contributed by atoms with van der Waals surface area (Å²) in [5.41, 5.74) is 5.76. The minimum atomic E-state index is 0.0148. The number of nitrogens with two attached hydrogens (primary N) is 1. The molecule has 1 aliphatic carbocycles. The number of carbonyl (C=O) groups excluding carboxylic acids is 1. The Morgan fingerprint density at radius 1 is 1.50 bits per heavy atom. The molecule has 0 aromatic rings. The molecule has 4 heteroatoms. The molecule has 92 valence electrons. The topological polar surface area (TPSA) is 58.4 Å². The summed E-state index contributed by atoms with van der Waals surface area (Å²) in [6.45, 7) is 4.20. The molecular formula is C12H23N3O. The van der Waals surface area contributed by atoms with Crippen molar-refractivity contribution < 1.29 is 4.79 Å². The molecule has 1 saturated heterocycles. The number of hydrogen-bond acceptors (Lipinski definition) is 3. The zero-order valence-electron chi connectivity index (χ0n) is 10.1. The van der Waals surface area contributed by atoms with E-state index in [2.05, 4.69) is 10.2 Å². The minimum Gasteiger partial charge on any atom is -0.352 e. The van der Waals surface area contributed by atoms with Crippen LogP contribution < -0.4 is 11.1 Å². The standard InChI is InChI=1S/C12H23N3O/c1-2-9(13)7-12(16)14-10-5-6-15(8-10)11-3-4-11/h9-11H,2-8,13H2,1H3,(H,14,16). The van der Waals surface area contributed by atoms with Crippen LogP contribution in [0.5, 0.6) is 0 Å². The van der Waals surface area contributed by atoms with Gasteiger partial charge < -0.3 is 11.1 Å². The molecule has 2 fully saturated rings. The fourth-order valence-electron chi connectivity index (χ4n) is 2.35. The minimum absolute atomic E-state index is 0.0148. The highest BCUT2D eigenvalue weighted by molar-refractivity contribution is 5.76. The predicted octanol–water partition coefficient (Wildman–Crippen LogP) is 0.467. The number of nitrogens with zero attached hydrogens (tertiary/aromatic N) is 1. The van der Waals surface area contributed by atoms with Gasteiger partial charge in [0, 0.05) is 37.6 Å². The van der Waals surface area contributed by atoms with Crippen LogP contribution in [-0.2, 0) is 4.79 Å². The van der Waals surface area contributed by atoms with Gasteiger partial charge in [0.25, 0.3) is 0 Å². The second kappa shape index (κ2) is 5.15. The van der Waals surface area contributed by atoms with E-state index in [-0.39, 0.29) is 11.9 Å². The lowest BCUT2D eigenvalue weighted by Crippen LogP contribution is -2.40. The van der Waals surface area contributed by atoms with E-state index in [1.54, 1.807) is 0 Å². The first-order valence-electron chi connectivity index (χ1n) is 6.48. The molecule has 0 spiro atoms. The van der Waals surface area contributed by atoms with Gasteiger partial charge in [0.2, 0.25) is 5.91 Å². The fourth-order valence-corrected chi connectivity index (χ4v) is 2.35. The third kappa shape index (κ3) is 3.19. The average molecular weight is 225 g/mol. The van der Waals surface area contributed by atoms with Crippen LogP contribution in [0.15, 0.2) is 0 Å². The van der Waals surface area contributed by atoms with Gasteiger partial charge in [-0.2, -0.15) is 0 Å². The SMILES string of the molecule is CCC(N)CC(=O)NC1CCN(C2CC2)C1. The van der Waals surface area contributed by atoms with Crippen molar-refractivity contribution >= 4 is 5.91 Å². The van der Waals surface area contributed by atoms with Crippen LogP contribution in [0.1, 0.15) is 39.0 Å². The number of carbonyl (C=O) groups is 1. The van der Waals surface area contributed by atoms with E-state index in [0.29, 0.717) is 12.5 Å². The average Bonchev–Trinajstić information content (AvgIpc) is 3.00. The Morgan fingerprint density at radius 3 is 2.88 bits per heavy atom. The lowest BCUT2D eigenvalue weighted by Gasteiger charge is -2.16. The molecule has 4 nitrogen and oxygen atoms in total. The molecule has 1 heterocycles. The Hall–Kier alpha value is -0.610. The lowest BCUT2D eigenvalue weighted by atomic mass is 10.1. The maximum Gasteiger partial charge on any atom is 0.221 e. The van der Waals surface area contributed by atoms with Crippen molar-refractivity contribution in [1.29, 1.82) is 0 Å². The van der Waals surface area contributed by atoms with E-state index in [4.69, 9.17) is 5.73 Å². The Morgan fingerprint density at radius 2 is 2.25 bits per heavy atom. The van der Waals surface area contributed by atoms with Gasteiger partial charge >= 0.3 is 0 Å². The van der Waals surface area contributed by atoms with E-state index in [0.717, 1.165) is 32.0 Å². The molecule has 2 aliphatic rings. The van der Waals surface area contributed by atoms with Gasteiger partial charge in [-0.3, -0.25) is 9.69 Å². The summed E-state index contributed by atoms with van der Waals surface area (Å²) >= 11 is 0. The molecule has 0 bridgehead atoms. The molecule has 0 radical (unpaired) electrons. The molecule has 1 amide bonds. The smallest absolute Gasteiger partial charge is 0.221 e. The second-order valence-electron chi connectivity index (χ2n) is 5.15. The van der Waals surface area contributed by atoms with Crippen molar-refractivity contribution in [2.45, 2.75) is 57.2 Å². The van der Waals surface area contributed by atoms with Crippen LogP contribution in [-0.4, -0.2) is 42.0 Å². The summed E-state index contributed by atoms with van der Waals surface area (Å²) < 4.78 is 0. The highest BCUT2D eigenvalue weighted by atomic mass is 16.1. The van der Waals surface area contributed by atoms with Crippen LogP contribution in [0, 0.1) is 0 Å². The molecule has 1 saturated carbocycles. The van der Waals surface area contributed by atoms with Crippen LogP contribution >= 0.6 is 0 Å². The lowest BCUT2D eigenvalue weighted by molar-refractivity contribution is -0.122. The number of hydrogen-bond donors (Lipinski definition) is 2. The molecule has 2 unspecified atom stereocenters. The second-order valence-corrected chi connectivity index (χ2v) is 5.15. The van der Waals surface area contributed by atoms with Gasteiger partial charge in [0.1, 0.15) is 0 Å². The highest BCUT2D eigenvalue weighted by Crippen LogP contribution is 2.29. The summed E-state index contributed by atoms with van der Waals surface area (Å²) in [6, 6.07) is 1.19. The van der Waals surface area contributed by atoms with Crippen molar-refractivity contribution in [3.63, 3.8) is 0 Å². The molecule has 3 N–H and O–H groups in total. The van der Waals surface area contributed by atoms with Crippen molar-refractivity contribution in [2.24, 2.45) is 5.73 Å². The first kappa shape index (κ1) is 11.9. The summed E-state index contributed by atoms with van der Waals surface area (Å²) in [6.07, 6.45) is 5.13. The fraction of sp³-hybridized carbons (Fsp3) is 0.917. The van der Waals surface area contributed by atoms with Gasteiger partial charge in [-0.05, 0) is 25.7 Å². The summed E-state index contributed by atoms with van der Waals surface area (Å²) in [5.74, 6) is 0.122. The van der Waals surface area contributed by atoms with E-state index in [1.807, 2.05) is 6.92 Å². The molecule has 1 aliphatic heterocycles. The quantitative estimate of drug-likeness (QED) is 0.715. The molecular weight excluding hydrogens is 202 g/mol. The maximum absolute atomic E-state index is 11.7. The Balaban J connectivity index is 1.67. The molecule has 0 aromatic carbocycles. The summed E-state index contributed by atoms with van der Waals surface area (Å²) in [5, 5.41) is 3.10. The van der Waals surface area contributed by atoms with Crippen LogP contribution in [0.25, 0.3) is 0 Å². The Bertz CT molecular complexity index is 253. The van der Waals surface area contributed by atoms with E-state index >= 15 is 0 Å². The molecule has 2 atom stereocenters. The number of rotatable bonds is 5. The highest BCUT2D eigenvalue weighted by Gasteiger charge is 2.34. The number of nitrogens with one attached hydrogen (secondary N) is 1. The molecule has 0 aromatic heterocycles. The Labute approximate surface area is 97.6 Å². The Kier molecular flexibility index (Phi) is 3.82. The zero-order valence-corrected chi connectivity index (χ0v) is 10.1. The van der Waals surface area contributed by atoms with Gasteiger partial charge in [0.05, 0.1) is 0 Å². The van der Waals surface area contributed by atoms with E-state index in [1.165, 1.54) is 12.8 Å². The first-order valence-corrected chi connectivity index (χ1v) is 6.48. The van der Waals surface area contributed by atoms with Crippen LogP contribution in [0.3, 0.4) is 0 Å². The molecule has 16 heavy (non-hydrogen) atoms. The van der Waals surface area contributed by atoms with E-state index < -0.39 is 0 Å². The van der Waals surface area contributed by atoms with Crippen LogP contribution in [0.2, 0.25) is 0 Å². The largest absolute Gasteiger partial charge is 0.352 e. The van der Waals surface area contributed by atoms with Crippen molar-refractivity contribution in [3.8, 4) is 0 Å². The number of likely N-dealkylation sites (tertiary alicyclic amines) is 1. The van der Waals surface area contributed by atoms with Crippen molar-refractivity contribution in [1.82, 2.24) is 10.2 Å². The van der Waals surface area contributed by atoms with Crippen molar-refractivity contribution in [3.05, 3.63) is 0 Å². The van der Waals surface area contributed by atoms with Gasteiger partial charge in [-0.25, -0.2) is 0 Å². The van der Waals surface area contributed by atoms with E-state index in [9.17, 15) is 4.79 Å². The monoisotopic (exact) mass is 225 g/mol. The predicted molar refractivity (Wildman–Crippen MR) is 64.0 cm³/mol. The summed E-state index contributed by atoms with van der Waals surface area (Å²) in [4.78, 5) is 14.2.